The third-order valence-corrected chi connectivity index (χ3v) is 3.73. The predicted molar refractivity (Wildman–Crippen MR) is 79.2 cm³/mol. The number of halogens is 1. The molecule has 0 radical (unpaired) electrons. The second kappa shape index (κ2) is 6.38. The van der Waals surface area contributed by atoms with Crippen molar-refractivity contribution in [2.45, 2.75) is 39.7 Å². The largest absolute Gasteiger partial charge is 0.370 e. The van der Waals surface area contributed by atoms with E-state index in [0.717, 1.165) is 31.6 Å². The fourth-order valence-electron chi connectivity index (χ4n) is 2.92. The summed E-state index contributed by atoms with van der Waals surface area (Å²) in [5.74, 6) is 0.555. The quantitative estimate of drug-likeness (QED) is 0.900. The Bertz CT molecular complexity index is 417. The van der Waals surface area contributed by atoms with Gasteiger partial charge in [0.1, 0.15) is 5.82 Å². The Morgan fingerprint density at radius 2 is 2.21 bits per heavy atom. The smallest absolute Gasteiger partial charge is 0.123 e. The molecule has 0 aliphatic carbocycles. The van der Waals surface area contributed by atoms with E-state index in [9.17, 15) is 4.39 Å². The van der Waals surface area contributed by atoms with Gasteiger partial charge < -0.3 is 10.2 Å². The zero-order valence-corrected chi connectivity index (χ0v) is 12.2. The molecule has 0 amide bonds. The Kier molecular flexibility index (Phi) is 4.81. The standard InChI is InChI=1S/C16H25FN2/c1-12(2)9-15-11-19(8-4-7-18-15)16-6-5-14(17)10-13(16)3/h5-6,10,12,15,18H,4,7-9,11H2,1-3H3. The van der Waals surface area contributed by atoms with Crippen molar-refractivity contribution in [3.05, 3.63) is 29.6 Å². The van der Waals surface area contributed by atoms with Crippen LogP contribution in [0, 0.1) is 18.7 Å². The lowest BCUT2D eigenvalue weighted by atomic mass is 10.0. The molecule has 1 aromatic rings. The SMILES string of the molecule is Cc1cc(F)ccc1N1CCCNC(CC(C)C)C1. The van der Waals surface area contributed by atoms with Gasteiger partial charge in [-0.2, -0.15) is 0 Å². The Labute approximate surface area is 116 Å². The van der Waals surface area contributed by atoms with Crippen LogP contribution >= 0.6 is 0 Å². The molecule has 0 bridgehead atoms. The van der Waals surface area contributed by atoms with E-state index in [-0.39, 0.29) is 5.82 Å². The Morgan fingerprint density at radius 3 is 2.89 bits per heavy atom. The molecule has 0 spiro atoms. The van der Waals surface area contributed by atoms with E-state index in [1.54, 1.807) is 12.1 Å². The van der Waals surface area contributed by atoms with Gasteiger partial charge in [-0.15, -0.1) is 0 Å². The summed E-state index contributed by atoms with van der Waals surface area (Å²) >= 11 is 0. The molecule has 0 saturated carbocycles. The lowest BCUT2D eigenvalue weighted by Gasteiger charge is -2.28. The summed E-state index contributed by atoms with van der Waals surface area (Å²) in [4.78, 5) is 2.40. The summed E-state index contributed by atoms with van der Waals surface area (Å²) in [5.41, 5.74) is 2.21. The average Bonchev–Trinajstić information content (AvgIpc) is 2.53. The molecule has 1 unspecified atom stereocenters. The predicted octanol–water partition coefficient (Wildman–Crippen LogP) is 3.35. The second-order valence-electron chi connectivity index (χ2n) is 6.01. The highest BCUT2D eigenvalue weighted by Crippen LogP contribution is 2.23. The highest BCUT2D eigenvalue weighted by molar-refractivity contribution is 5.53. The Balaban J connectivity index is 2.13. The number of benzene rings is 1. The van der Waals surface area contributed by atoms with Gasteiger partial charge in [0.2, 0.25) is 0 Å². The minimum absolute atomic E-state index is 0.145. The monoisotopic (exact) mass is 264 g/mol. The maximum Gasteiger partial charge on any atom is 0.123 e. The van der Waals surface area contributed by atoms with Crippen LogP contribution in [-0.4, -0.2) is 25.7 Å². The van der Waals surface area contributed by atoms with Crippen molar-refractivity contribution in [3.8, 4) is 0 Å². The molecule has 106 valence electrons. The molecule has 1 heterocycles. The lowest BCUT2D eigenvalue weighted by molar-refractivity contribution is 0.436. The molecular weight excluding hydrogens is 239 g/mol. The first-order chi connectivity index (χ1) is 9.06. The van der Waals surface area contributed by atoms with Crippen molar-refractivity contribution in [1.82, 2.24) is 5.32 Å². The minimum atomic E-state index is -0.145. The van der Waals surface area contributed by atoms with Crippen molar-refractivity contribution >= 4 is 5.69 Å². The topological polar surface area (TPSA) is 15.3 Å². The Hall–Kier alpha value is -1.09. The van der Waals surface area contributed by atoms with Crippen LogP contribution in [0.3, 0.4) is 0 Å². The van der Waals surface area contributed by atoms with Gasteiger partial charge in [0.25, 0.3) is 0 Å². The molecule has 1 atom stereocenters. The summed E-state index contributed by atoms with van der Waals surface area (Å²) in [5, 5.41) is 3.63. The first-order valence-electron chi connectivity index (χ1n) is 7.30. The van der Waals surface area contributed by atoms with Gasteiger partial charge >= 0.3 is 0 Å². The van der Waals surface area contributed by atoms with Crippen LogP contribution in [0.15, 0.2) is 18.2 Å². The molecule has 2 rings (SSSR count). The Morgan fingerprint density at radius 1 is 1.42 bits per heavy atom. The molecule has 1 aromatic carbocycles. The van der Waals surface area contributed by atoms with Crippen LogP contribution in [-0.2, 0) is 0 Å². The molecule has 1 aliphatic rings. The van der Waals surface area contributed by atoms with Crippen molar-refractivity contribution in [2.24, 2.45) is 5.92 Å². The maximum absolute atomic E-state index is 13.2. The van der Waals surface area contributed by atoms with Crippen LogP contribution in [0.1, 0.15) is 32.3 Å². The third kappa shape index (κ3) is 3.93. The van der Waals surface area contributed by atoms with E-state index in [4.69, 9.17) is 0 Å². The number of nitrogens with zero attached hydrogens (tertiary/aromatic N) is 1. The molecule has 0 aromatic heterocycles. The van der Waals surface area contributed by atoms with Crippen molar-refractivity contribution in [1.29, 1.82) is 0 Å². The molecule has 19 heavy (non-hydrogen) atoms. The fourth-order valence-corrected chi connectivity index (χ4v) is 2.92. The normalized spacial score (nSPS) is 20.7. The highest BCUT2D eigenvalue weighted by atomic mass is 19.1. The zero-order valence-electron chi connectivity index (χ0n) is 12.2. The van der Waals surface area contributed by atoms with Gasteiger partial charge in [0.15, 0.2) is 0 Å². The van der Waals surface area contributed by atoms with Crippen LogP contribution in [0.25, 0.3) is 0 Å². The van der Waals surface area contributed by atoms with Gasteiger partial charge in [-0.1, -0.05) is 13.8 Å². The van der Waals surface area contributed by atoms with Crippen molar-refractivity contribution < 1.29 is 4.39 Å². The molecule has 1 N–H and O–H groups in total. The lowest BCUT2D eigenvalue weighted by Crippen LogP contribution is -2.38. The fraction of sp³-hybridized carbons (Fsp3) is 0.625. The summed E-state index contributed by atoms with van der Waals surface area (Å²) in [7, 11) is 0. The third-order valence-electron chi connectivity index (χ3n) is 3.73. The van der Waals surface area contributed by atoms with Gasteiger partial charge in [0.05, 0.1) is 0 Å². The van der Waals surface area contributed by atoms with Crippen molar-refractivity contribution in [3.63, 3.8) is 0 Å². The zero-order chi connectivity index (χ0) is 13.8. The van der Waals surface area contributed by atoms with Crippen LogP contribution < -0.4 is 10.2 Å². The first kappa shape index (κ1) is 14.3. The highest BCUT2D eigenvalue weighted by Gasteiger charge is 2.19. The van der Waals surface area contributed by atoms with E-state index in [2.05, 4.69) is 24.1 Å². The molecular formula is C16H25FN2. The summed E-state index contributed by atoms with van der Waals surface area (Å²) in [6.07, 6.45) is 2.34. The number of anilines is 1. The molecule has 3 heteroatoms. The van der Waals surface area contributed by atoms with Crippen molar-refractivity contribution in [2.75, 3.05) is 24.5 Å². The van der Waals surface area contributed by atoms with E-state index >= 15 is 0 Å². The minimum Gasteiger partial charge on any atom is -0.370 e. The maximum atomic E-state index is 13.2. The first-order valence-corrected chi connectivity index (χ1v) is 7.30. The number of hydrogen-bond acceptors (Lipinski definition) is 2. The molecule has 2 nitrogen and oxygen atoms in total. The van der Waals surface area contributed by atoms with Crippen LogP contribution in [0.2, 0.25) is 0 Å². The molecule has 1 saturated heterocycles. The van der Waals surface area contributed by atoms with Crippen LogP contribution in [0.5, 0.6) is 0 Å². The summed E-state index contributed by atoms with van der Waals surface area (Å²) in [6.45, 7) is 9.67. The number of rotatable bonds is 3. The molecule has 1 fully saturated rings. The van der Waals surface area contributed by atoms with E-state index < -0.39 is 0 Å². The summed E-state index contributed by atoms with van der Waals surface area (Å²) in [6, 6.07) is 5.65. The van der Waals surface area contributed by atoms with Gasteiger partial charge in [-0.3, -0.25) is 0 Å². The van der Waals surface area contributed by atoms with E-state index in [1.165, 1.54) is 12.1 Å². The average molecular weight is 264 g/mol. The van der Waals surface area contributed by atoms with E-state index in [1.807, 2.05) is 13.0 Å². The van der Waals surface area contributed by atoms with Crippen LogP contribution in [0.4, 0.5) is 10.1 Å². The van der Waals surface area contributed by atoms with Gasteiger partial charge in [0, 0.05) is 24.8 Å². The molecule has 1 aliphatic heterocycles. The van der Waals surface area contributed by atoms with E-state index in [0.29, 0.717) is 12.0 Å². The van der Waals surface area contributed by atoms with Gasteiger partial charge in [-0.25, -0.2) is 4.39 Å². The summed E-state index contributed by atoms with van der Waals surface area (Å²) < 4.78 is 13.2. The number of hydrogen-bond donors (Lipinski definition) is 1. The number of aryl methyl sites for hydroxylation is 1. The number of nitrogens with one attached hydrogen (secondary N) is 1. The van der Waals surface area contributed by atoms with Gasteiger partial charge in [-0.05, 0) is 56.0 Å². The second-order valence-corrected chi connectivity index (χ2v) is 6.01.